The van der Waals surface area contributed by atoms with Gasteiger partial charge in [-0.2, -0.15) is 0 Å². The van der Waals surface area contributed by atoms with Gasteiger partial charge in [0.05, 0.1) is 0 Å². The molecule has 0 heterocycles. The molecule has 5 rings (SSSR count). The molecule has 29 heavy (non-hydrogen) atoms. The first kappa shape index (κ1) is 19.7. The molecule has 4 fully saturated rings. The Bertz CT molecular complexity index is 787. The van der Waals surface area contributed by atoms with E-state index >= 15 is 0 Å². The van der Waals surface area contributed by atoms with Gasteiger partial charge in [-0.3, -0.25) is 14.4 Å². The first-order chi connectivity index (χ1) is 13.8. The molecule has 1 aromatic carbocycles. The summed E-state index contributed by atoms with van der Waals surface area (Å²) in [5, 5.41) is 5.77. The lowest BCUT2D eigenvalue weighted by atomic mass is 9.49. The second-order valence-electron chi connectivity index (χ2n) is 9.17. The molecule has 7 nitrogen and oxygen atoms in total. The Morgan fingerprint density at radius 3 is 2.34 bits per heavy atom. The van der Waals surface area contributed by atoms with Crippen LogP contribution < -0.4 is 21.1 Å². The number of rotatable bonds is 7. The first-order valence-corrected chi connectivity index (χ1v) is 10.5. The number of carbonyl (C=O) groups is 3. The zero-order valence-electron chi connectivity index (χ0n) is 16.8. The Hall–Kier alpha value is -2.57. The average Bonchev–Trinajstić information content (AvgIpc) is 2.65. The lowest BCUT2D eigenvalue weighted by Gasteiger charge is -2.55. The number of nitrogens with one attached hydrogen (secondary N) is 2. The third kappa shape index (κ3) is 4.23. The number of benzene rings is 1. The van der Waals surface area contributed by atoms with E-state index in [1.54, 1.807) is 31.2 Å². The predicted octanol–water partition coefficient (Wildman–Crippen LogP) is 2.21. The standard InChI is InChI=1S/C22H29N3O4/c1-13(20(27)25-17-3-2-4-18(8-17)29-12-19(23)26)24-21(28)22-9-14-5-15(10-22)7-16(6-14)11-22/h2-4,8,13-16H,5-7,9-12H2,1H3,(H2,23,26)(H,24,28)(H,25,27). The number of hydrogen-bond donors (Lipinski definition) is 3. The van der Waals surface area contributed by atoms with Crippen molar-refractivity contribution < 1.29 is 19.1 Å². The molecule has 4 aliphatic rings. The summed E-state index contributed by atoms with van der Waals surface area (Å²) in [5.41, 5.74) is 5.34. The van der Waals surface area contributed by atoms with Crippen LogP contribution in [0.5, 0.6) is 5.75 Å². The van der Waals surface area contributed by atoms with E-state index in [0.717, 1.165) is 19.3 Å². The molecule has 0 aliphatic heterocycles. The van der Waals surface area contributed by atoms with Crippen molar-refractivity contribution in [2.75, 3.05) is 11.9 Å². The van der Waals surface area contributed by atoms with Crippen molar-refractivity contribution in [1.82, 2.24) is 5.32 Å². The Labute approximate surface area is 170 Å². The normalized spacial score (nSPS) is 30.4. The summed E-state index contributed by atoms with van der Waals surface area (Å²) >= 11 is 0. The summed E-state index contributed by atoms with van der Waals surface area (Å²) in [6.07, 6.45) is 6.74. The van der Waals surface area contributed by atoms with Crippen LogP contribution in [0.2, 0.25) is 0 Å². The molecule has 4 aliphatic carbocycles. The second-order valence-corrected chi connectivity index (χ2v) is 9.17. The van der Waals surface area contributed by atoms with E-state index in [9.17, 15) is 14.4 Å². The fourth-order valence-electron chi connectivity index (χ4n) is 5.87. The maximum Gasteiger partial charge on any atom is 0.255 e. The van der Waals surface area contributed by atoms with Crippen molar-refractivity contribution >= 4 is 23.4 Å². The van der Waals surface area contributed by atoms with Gasteiger partial charge in [0.25, 0.3) is 5.91 Å². The molecule has 0 saturated heterocycles. The van der Waals surface area contributed by atoms with Crippen molar-refractivity contribution in [1.29, 1.82) is 0 Å². The van der Waals surface area contributed by atoms with Crippen LogP contribution in [0, 0.1) is 23.2 Å². The highest BCUT2D eigenvalue weighted by molar-refractivity contribution is 5.97. The Kier molecular flexibility index (Phi) is 5.23. The molecule has 1 unspecified atom stereocenters. The highest BCUT2D eigenvalue weighted by Gasteiger charge is 2.54. The van der Waals surface area contributed by atoms with E-state index in [2.05, 4.69) is 10.6 Å². The molecule has 1 atom stereocenters. The van der Waals surface area contributed by atoms with Gasteiger partial charge in [-0.25, -0.2) is 0 Å². The number of amides is 3. The topological polar surface area (TPSA) is 111 Å². The zero-order valence-corrected chi connectivity index (χ0v) is 16.8. The molecule has 0 aromatic heterocycles. The van der Waals surface area contributed by atoms with Gasteiger partial charge >= 0.3 is 0 Å². The molecule has 3 amide bonds. The van der Waals surface area contributed by atoms with Gasteiger partial charge in [-0.1, -0.05) is 6.07 Å². The van der Waals surface area contributed by atoms with Gasteiger partial charge in [-0.15, -0.1) is 0 Å². The van der Waals surface area contributed by atoms with Gasteiger partial charge < -0.3 is 21.1 Å². The Balaban J connectivity index is 1.35. The van der Waals surface area contributed by atoms with E-state index in [-0.39, 0.29) is 23.8 Å². The molecule has 7 heteroatoms. The van der Waals surface area contributed by atoms with E-state index in [4.69, 9.17) is 10.5 Å². The fraction of sp³-hybridized carbons (Fsp3) is 0.591. The van der Waals surface area contributed by atoms with Crippen LogP contribution in [0.4, 0.5) is 5.69 Å². The molecular weight excluding hydrogens is 370 g/mol. The third-order valence-corrected chi connectivity index (χ3v) is 6.74. The molecule has 156 valence electrons. The minimum Gasteiger partial charge on any atom is -0.484 e. The number of ether oxygens (including phenoxy) is 1. The van der Waals surface area contributed by atoms with Crippen molar-refractivity contribution in [2.45, 2.75) is 51.5 Å². The number of anilines is 1. The molecule has 4 N–H and O–H groups in total. The van der Waals surface area contributed by atoms with Crippen molar-refractivity contribution in [3.05, 3.63) is 24.3 Å². The Morgan fingerprint density at radius 1 is 1.14 bits per heavy atom. The quantitative estimate of drug-likeness (QED) is 0.653. The van der Waals surface area contributed by atoms with Crippen LogP contribution in [0.1, 0.15) is 45.4 Å². The van der Waals surface area contributed by atoms with Crippen LogP contribution in [0.25, 0.3) is 0 Å². The largest absolute Gasteiger partial charge is 0.484 e. The molecular formula is C22H29N3O4. The van der Waals surface area contributed by atoms with Crippen LogP contribution >= 0.6 is 0 Å². The summed E-state index contributed by atoms with van der Waals surface area (Å²) in [7, 11) is 0. The monoisotopic (exact) mass is 399 g/mol. The van der Waals surface area contributed by atoms with Crippen molar-refractivity contribution in [3.8, 4) is 5.75 Å². The van der Waals surface area contributed by atoms with E-state index in [1.807, 2.05) is 0 Å². The summed E-state index contributed by atoms with van der Waals surface area (Å²) in [6, 6.07) is 6.10. The van der Waals surface area contributed by atoms with Crippen LogP contribution in [0.15, 0.2) is 24.3 Å². The van der Waals surface area contributed by atoms with E-state index < -0.39 is 11.9 Å². The van der Waals surface area contributed by atoms with Crippen LogP contribution in [-0.2, 0) is 14.4 Å². The number of carbonyl (C=O) groups excluding carboxylic acids is 3. The van der Waals surface area contributed by atoms with Gasteiger partial charge in [0.2, 0.25) is 11.8 Å². The minimum atomic E-state index is -0.634. The summed E-state index contributed by atoms with van der Waals surface area (Å²) in [6.45, 7) is 1.48. The lowest BCUT2D eigenvalue weighted by molar-refractivity contribution is -0.147. The van der Waals surface area contributed by atoms with Gasteiger partial charge in [-0.05, 0) is 75.3 Å². The maximum atomic E-state index is 13.1. The highest BCUT2D eigenvalue weighted by Crippen LogP contribution is 2.60. The van der Waals surface area contributed by atoms with E-state index in [0.29, 0.717) is 29.2 Å². The molecule has 0 radical (unpaired) electrons. The summed E-state index contributed by atoms with van der Waals surface area (Å²) in [4.78, 5) is 36.6. The maximum absolute atomic E-state index is 13.1. The summed E-state index contributed by atoms with van der Waals surface area (Å²) in [5.74, 6) is 1.66. The Morgan fingerprint density at radius 2 is 1.76 bits per heavy atom. The van der Waals surface area contributed by atoms with E-state index in [1.165, 1.54) is 19.3 Å². The van der Waals surface area contributed by atoms with Crippen LogP contribution in [0.3, 0.4) is 0 Å². The van der Waals surface area contributed by atoms with Gasteiger partial charge in [0, 0.05) is 17.2 Å². The number of hydrogen-bond acceptors (Lipinski definition) is 4. The average molecular weight is 399 g/mol. The minimum absolute atomic E-state index is 0.0396. The lowest BCUT2D eigenvalue weighted by Crippen LogP contribution is -2.56. The number of primary amides is 1. The fourth-order valence-corrected chi connectivity index (χ4v) is 5.87. The smallest absolute Gasteiger partial charge is 0.255 e. The van der Waals surface area contributed by atoms with Gasteiger partial charge in [0.15, 0.2) is 6.61 Å². The molecule has 0 spiro atoms. The SMILES string of the molecule is CC(NC(=O)C12CC3CC(CC(C3)C1)C2)C(=O)Nc1cccc(OCC(N)=O)c1. The first-order valence-electron chi connectivity index (χ1n) is 10.5. The van der Waals surface area contributed by atoms with Crippen molar-refractivity contribution in [3.63, 3.8) is 0 Å². The van der Waals surface area contributed by atoms with Crippen LogP contribution in [-0.4, -0.2) is 30.4 Å². The summed E-state index contributed by atoms with van der Waals surface area (Å²) < 4.78 is 5.26. The zero-order chi connectivity index (χ0) is 20.6. The van der Waals surface area contributed by atoms with Crippen molar-refractivity contribution in [2.24, 2.45) is 28.9 Å². The molecule has 4 bridgehead atoms. The number of nitrogens with two attached hydrogens (primary N) is 1. The second kappa shape index (κ2) is 7.69. The van der Waals surface area contributed by atoms with Gasteiger partial charge in [0.1, 0.15) is 11.8 Å². The predicted molar refractivity (Wildman–Crippen MR) is 108 cm³/mol. The molecule has 4 saturated carbocycles. The third-order valence-electron chi connectivity index (χ3n) is 6.74. The molecule has 1 aromatic rings. The highest BCUT2D eigenvalue weighted by atomic mass is 16.5.